The van der Waals surface area contributed by atoms with E-state index in [1.807, 2.05) is 0 Å². The van der Waals surface area contributed by atoms with Crippen LogP contribution in [0.2, 0.25) is 0 Å². The average molecular weight is 372 g/mol. The summed E-state index contributed by atoms with van der Waals surface area (Å²) in [5.41, 5.74) is 0.301. The van der Waals surface area contributed by atoms with Gasteiger partial charge in [-0.25, -0.2) is 4.39 Å². The third-order valence-electron chi connectivity index (χ3n) is 6.91. The summed E-state index contributed by atoms with van der Waals surface area (Å²) < 4.78 is 13.8. The number of carbonyl (C=O) groups is 2. The van der Waals surface area contributed by atoms with Gasteiger partial charge in [0, 0.05) is 23.9 Å². The first kappa shape index (κ1) is 18.5. The minimum Gasteiger partial charge on any atom is -0.355 e. The zero-order chi connectivity index (χ0) is 19.0. The van der Waals surface area contributed by atoms with E-state index >= 15 is 0 Å². The molecule has 0 aliphatic heterocycles. The topological polar surface area (TPSA) is 58.2 Å². The number of amides is 2. The van der Waals surface area contributed by atoms with E-state index in [1.165, 1.54) is 25.3 Å². The molecule has 4 nitrogen and oxygen atoms in total. The fourth-order valence-corrected chi connectivity index (χ4v) is 6.08. The highest BCUT2D eigenvalue weighted by Crippen LogP contribution is 2.60. The van der Waals surface area contributed by atoms with Gasteiger partial charge in [-0.2, -0.15) is 0 Å². The van der Waals surface area contributed by atoms with Crippen molar-refractivity contribution in [2.45, 2.75) is 57.9 Å². The molecule has 1 aromatic carbocycles. The zero-order valence-electron chi connectivity index (χ0n) is 16.0. The van der Waals surface area contributed by atoms with Crippen molar-refractivity contribution < 1.29 is 14.0 Å². The molecule has 4 aliphatic carbocycles. The highest BCUT2D eigenvalue weighted by molar-refractivity contribution is 5.84. The van der Waals surface area contributed by atoms with Gasteiger partial charge in [0.2, 0.25) is 11.8 Å². The molecular weight excluding hydrogens is 343 g/mol. The van der Waals surface area contributed by atoms with Crippen molar-refractivity contribution in [1.29, 1.82) is 0 Å². The zero-order valence-corrected chi connectivity index (χ0v) is 16.0. The van der Waals surface area contributed by atoms with Crippen LogP contribution < -0.4 is 10.6 Å². The number of carbonyl (C=O) groups excluding carboxylic acids is 2. The molecule has 0 spiro atoms. The molecule has 4 bridgehead atoms. The van der Waals surface area contributed by atoms with E-state index in [2.05, 4.69) is 10.6 Å². The monoisotopic (exact) mass is 372 g/mol. The van der Waals surface area contributed by atoms with Crippen molar-refractivity contribution in [1.82, 2.24) is 10.6 Å². The Morgan fingerprint density at radius 2 is 1.70 bits per heavy atom. The van der Waals surface area contributed by atoms with Gasteiger partial charge in [-0.15, -0.1) is 0 Å². The van der Waals surface area contributed by atoms with Gasteiger partial charge >= 0.3 is 0 Å². The molecule has 5 rings (SSSR count). The van der Waals surface area contributed by atoms with Gasteiger partial charge in [-0.3, -0.25) is 9.59 Å². The van der Waals surface area contributed by atoms with Crippen LogP contribution in [0.1, 0.15) is 63.5 Å². The van der Waals surface area contributed by atoms with Crippen molar-refractivity contribution in [3.8, 4) is 0 Å². The van der Waals surface area contributed by atoms with Crippen LogP contribution in [0.4, 0.5) is 4.39 Å². The quantitative estimate of drug-likeness (QED) is 0.799. The molecule has 0 radical (unpaired) electrons. The molecule has 0 heterocycles. The van der Waals surface area contributed by atoms with E-state index in [0.717, 1.165) is 37.0 Å². The minimum absolute atomic E-state index is 0.150. The van der Waals surface area contributed by atoms with Crippen LogP contribution in [0.25, 0.3) is 0 Å². The van der Waals surface area contributed by atoms with Gasteiger partial charge in [0.05, 0.1) is 6.04 Å². The largest absolute Gasteiger partial charge is 0.355 e. The molecule has 27 heavy (non-hydrogen) atoms. The van der Waals surface area contributed by atoms with E-state index in [-0.39, 0.29) is 29.5 Å². The summed E-state index contributed by atoms with van der Waals surface area (Å²) in [6.07, 6.45) is 7.23. The van der Waals surface area contributed by atoms with E-state index in [1.54, 1.807) is 25.1 Å². The fourth-order valence-electron chi connectivity index (χ4n) is 6.08. The summed E-state index contributed by atoms with van der Waals surface area (Å²) in [4.78, 5) is 25.1. The maximum Gasteiger partial charge on any atom is 0.226 e. The smallest absolute Gasteiger partial charge is 0.226 e. The lowest BCUT2D eigenvalue weighted by atomic mass is 9.49. The molecule has 146 valence electrons. The second-order valence-electron chi connectivity index (χ2n) is 9.01. The van der Waals surface area contributed by atoms with Crippen molar-refractivity contribution >= 4 is 11.8 Å². The van der Waals surface area contributed by atoms with Crippen LogP contribution in [-0.4, -0.2) is 18.4 Å². The molecule has 1 atom stereocenters. The van der Waals surface area contributed by atoms with Crippen molar-refractivity contribution in [3.63, 3.8) is 0 Å². The minimum atomic E-state index is -0.391. The molecule has 0 aromatic heterocycles. The maximum absolute atomic E-state index is 13.8. The molecule has 4 fully saturated rings. The first-order chi connectivity index (χ1) is 12.9. The summed E-state index contributed by atoms with van der Waals surface area (Å²) >= 11 is 0. The summed E-state index contributed by atoms with van der Waals surface area (Å²) in [7, 11) is 0. The molecule has 4 aliphatic rings. The Morgan fingerprint density at radius 3 is 2.30 bits per heavy atom. The summed E-state index contributed by atoms with van der Waals surface area (Å²) in [6.45, 7) is 2.11. The Morgan fingerprint density at radius 1 is 1.11 bits per heavy atom. The molecule has 0 saturated heterocycles. The lowest BCUT2D eigenvalue weighted by Crippen LogP contribution is -2.53. The number of rotatable bonds is 6. The molecule has 5 heteroatoms. The molecular formula is C22H29FN2O2. The Hall–Kier alpha value is -1.91. The van der Waals surface area contributed by atoms with Crippen LogP contribution in [-0.2, 0) is 9.59 Å². The second-order valence-corrected chi connectivity index (χ2v) is 9.01. The van der Waals surface area contributed by atoms with Crippen molar-refractivity contribution in [2.24, 2.45) is 23.2 Å². The summed E-state index contributed by atoms with van der Waals surface area (Å²) in [6, 6.07) is 6.07. The van der Waals surface area contributed by atoms with E-state index < -0.39 is 6.04 Å². The van der Waals surface area contributed by atoms with Crippen molar-refractivity contribution in [2.75, 3.05) is 6.54 Å². The maximum atomic E-state index is 13.8. The third kappa shape index (κ3) is 3.74. The number of hydrogen-bond donors (Lipinski definition) is 2. The standard InChI is InChI=1S/C22H29FN2O2/c1-14(18-4-2-3-5-19(18)23)25-20(26)6-7-24-21(27)22-11-15-8-16(12-22)10-17(9-15)13-22/h2-5,14-17H,6-13H2,1H3,(H,24,27)(H,25,26)/t14-,15?,16?,17?,22?/m0/s1. The van der Waals surface area contributed by atoms with Gasteiger partial charge < -0.3 is 10.6 Å². The Balaban J connectivity index is 1.25. The predicted octanol–water partition coefficient (Wildman–Crippen LogP) is 3.73. The Labute approximate surface area is 160 Å². The Bertz CT molecular complexity index is 697. The van der Waals surface area contributed by atoms with E-state index in [9.17, 15) is 14.0 Å². The molecule has 2 N–H and O–H groups in total. The van der Waals surface area contributed by atoms with Crippen LogP contribution >= 0.6 is 0 Å². The van der Waals surface area contributed by atoms with E-state index in [4.69, 9.17) is 0 Å². The van der Waals surface area contributed by atoms with Gasteiger partial charge in [0.1, 0.15) is 5.82 Å². The average Bonchev–Trinajstić information content (AvgIpc) is 2.60. The first-order valence-corrected chi connectivity index (χ1v) is 10.3. The molecule has 1 aromatic rings. The number of benzene rings is 1. The highest BCUT2D eigenvalue weighted by Gasteiger charge is 2.54. The Kier molecular flexibility index (Phi) is 4.95. The van der Waals surface area contributed by atoms with Gasteiger partial charge in [-0.1, -0.05) is 18.2 Å². The van der Waals surface area contributed by atoms with Gasteiger partial charge in [0.25, 0.3) is 0 Å². The molecule has 0 unspecified atom stereocenters. The highest BCUT2D eigenvalue weighted by atomic mass is 19.1. The molecule has 2 amide bonds. The SMILES string of the molecule is C[C@H](NC(=O)CCNC(=O)C12CC3CC(CC(C3)C1)C2)c1ccccc1F. The summed E-state index contributed by atoms with van der Waals surface area (Å²) in [5, 5.41) is 5.84. The number of nitrogens with one attached hydrogen (secondary N) is 2. The van der Waals surface area contributed by atoms with Crippen LogP contribution in [0.5, 0.6) is 0 Å². The van der Waals surface area contributed by atoms with E-state index in [0.29, 0.717) is 12.1 Å². The normalized spacial score (nSPS) is 32.1. The number of hydrogen-bond acceptors (Lipinski definition) is 2. The van der Waals surface area contributed by atoms with Crippen LogP contribution in [0.3, 0.4) is 0 Å². The predicted molar refractivity (Wildman–Crippen MR) is 101 cm³/mol. The van der Waals surface area contributed by atoms with Crippen molar-refractivity contribution in [3.05, 3.63) is 35.6 Å². The summed E-state index contributed by atoms with van der Waals surface area (Å²) in [5.74, 6) is 1.85. The second kappa shape index (κ2) is 7.25. The van der Waals surface area contributed by atoms with Crippen LogP contribution in [0.15, 0.2) is 24.3 Å². The lowest BCUT2D eigenvalue weighted by Gasteiger charge is -2.55. The van der Waals surface area contributed by atoms with Gasteiger partial charge in [-0.05, 0) is 69.3 Å². The number of halogens is 1. The third-order valence-corrected chi connectivity index (χ3v) is 6.91. The van der Waals surface area contributed by atoms with Crippen LogP contribution in [0, 0.1) is 29.0 Å². The lowest BCUT2D eigenvalue weighted by molar-refractivity contribution is -0.146. The fraction of sp³-hybridized carbons (Fsp3) is 0.636. The first-order valence-electron chi connectivity index (χ1n) is 10.3. The van der Waals surface area contributed by atoms with Gasteiger partial charge in [0.15, 0.2) is 0 Å². The molecule has 4 saturated carbocycles.